The Morgan fingerprint density at radius 3 is 2.55 bits per heavy atom. The van der Waals surface area contributed by atoms with Gasteiger partial charge in [0.05, 0.1) is 10.5 Å². The molecule has 1 amide bonds. The molecule has 0 aliphatic carbocycles. The maximum atomic E-state index is 13.7. The molecule has 1 fully saturated rings. The monoisotopic (exact) mass is 304 g/mol. The molecule has 0 saturated carbocycles. The van der Waals surface area contributed by atoms with Crippen molar-refractivity contribution in [2.45, 2.75) is 30.7 Å². The Kier molecular flexibility index (Phi) is 3.79. The normalized spacial score (nSPS) is 19.4. The smallest absolute Gasteiger partial charge is 0.257 e. The van der Waals surface area contributed by atoms with Crippen molar-refractivity contribution in [2.75, 3.05) is 6.54 Å². The molecule has 0 aromatic heterocycles. The highest BCUT2D eigenvalue weighted by atomic mass is 32.2. The lowest BCUT2D eigenvalue weighted by Crippen LogP contribution is -2.34. The van der Waals surface area contributed by atoms with Crippen molar-refractivity contribution in [3.63, 3.8) is 0 Å². The summed E-state index contributed by atoms with van der Waals surface area (Å²) in [6, 6.07) is 1.15. The van der Waals surface area contributed by atoms with Gasteiger partial charge in [0.1, 0.15) is 0 Å². The summed E-state index contributed by atoms with van der Waals surface area (Å²) in [6.07, 6.45) is 1.54. The molecule has 20 heavy (non-hydrogen) atoms. The SMILES string of the molecule is CC1CCCN1C(=O)c1cc(S(N)(=O)=O)cc(F)c1F. The first-order chi connectivity index (χ1) is 9.21. The van der Waals surface area contributed by atoms with Crippen LogP contribution in [0.5, 0.6) is 0 Å². The number of hydrogen-bond acceptors (Lipinski definition) is 3. The molecule has 1 saturated heterocycles. The molecular weight excluding hydrogens is 290 g/mol. The first kappa shape index (κ1) is 14.9. The molecule has 2 rings (SSSR count). The number of sulfonamides is 1. The molecule has 0 radical (unpaired) electrons. The van der Waals surface area contributed by atoms with Crippen LogP contribution in [0.15, 0.2) is 17.0 Å². The third-order valence-electron chi connectivity index (χ3n) is 3.37. The second kappa shape index (κ2) is 5.10. The van der Waals surface area contributed by atoms with Gasteiger partial charge in [-0.25, -0.2) is 22.3 Å². The van der Waals surface area contributed by atoms with Crippen LogP contribution >= 0.6 is 0 Å². The van der Waals surface area contributed by atoms with E-state index in [1.54, 1.807) is 6.92 Å². The zero-order valence-corrected chi connectivity index (χ0v) is 11.6. The van der Waals surface area contributed by atoms with Gasteiger partial charge >= 0.3 is 0 Å². The van der Waals surface area contributed by atoms with Crippen LogP contribution in [0.1, 0.15) is 30.1 Å². The number of nitrogens with two attached hydrogens (primary N) is 1. The number of halogens is 2. The van der Waals surface area contributed by atoms with Crippen LogP contribution in [0.25, 0.3) is 0 Å². The first-order valence-electron chi connectivity index (χ1n) is 6.04. The quantitative estimate of drug-likeness (QED) is 0.892. The standard InChI is InChI=1S/C12H14F2N2O3S/c1-7-3-2-4-16(7)12(17)9-5-8(20(15,18)19)6-10(13)11(9)14/h5-7H,2-4H2,1H3,(H2,15,18,19). The minimum Gasteiger partial charge on any atom is -0.336 e. The van der Waals surface area contributed by atoms with E-state index in [-0.39, 0.29) is 6.04 Å². The lowest BCUT2D eigenvalue weighted by molar-refractivity contribution is 0.0741. The van der Waals surface area contributed by atoms with Crippen LogP contribution in [0.4, 0.5) is 8.78 Å². The average Bonchev–Trinajstić information content (AvgIpc) is 2.76. The van der Waals surface area contributed by atoms with Crippen LogP contribution in [0.2, 0.25) is 0 Å². The van der Waals surface area contributed by atoms with Gasteiger partial charge in [0.25, 0.3) is 5.91 Å². The van der Waals surface area contributed by atoms with Crippen molar-refractivity contribution >= 4 is 15.9 Å². The minimum atomic E-state index is -4.21. The minimum absolute atomic E-state index is 0.0944. The van der Waals surface area contributed by atoms with Crippen LogP contribution in [-0.4, -0.2) is 31.8 Å². The molecule has 1 unspecified atom stereocenters. The molecule has 5 nitrogen and oxygen atoms in total. The predicted octanol–water partition coefficient (Wildman–Crippen LogP) is 1.24. The maximum absolute atomic E-state index is 13.7. The number of likely N-dealkylation sites (tertiary alicyclic amines) is 1. The Morgan fingerprint density at radius 2 is 2.05 bits per heavy atom. The first-order valence-corrected chi connectivity index (χ1v) is 7.59. The molecule has 1 aromatic rings. The van der Waals surface area contributed by atoms with Gasteiger partial charge < -0.3 is 4.90 Å². The zero-order chi connectivity index (χ0) is 15.1. The Balaban J connectivity index is 2.50. The van der Waals surface area contributed by atoms with Crippen molar-refractivity contribution in [1.29, 1.82) is 0 Å². The molecule has 8 heteroatoms. The highest BCUT2D eigenvalue weighted by Gasteiger charge is 2.30. The third kappa shape index (κ3) is 2.66. The second-order valence-corrected chi connectivity index (χ2v) is 6.36. The molecule has 0 spiro atoms. The molecule has 2 N–H and O–H groups in total. The summed E-state index contributed by atoms with van der Waals surface area (Å²) in [5, 5.41) is 4.88. The van der Waals surface area contributed by atoms with E-state index >= 15 is 0 Å². The molecular formula is C12H14F2N2O3S. The largest absolute Gasteiger partial charge is 0.336 e. The van der Waals surface area contributed by atoms with E-state index in [1.165, 1.54) is 4.90 Å². The fourth-order valence-corrected chi connectivity index (χ4v) is 2.82. The van der Waals surface area contributed by atoms with Gasteiger partial charge in [0.2, 0.25) is 10.0 Å². The van der Waals surface area contributed by atoms with Gasteiger partial charge in [-0.15, -0.1) is 0 Å². The summed E-state index contributed by atoms with van der Waals surface area (Å²) in [7, 11) is -4.21. The summed E-state index contributed by atoms with van der Waals surface area (Å²) in [5.41, 5.74) is -0.609. The summed E-state index contributed by atoms with van der Waals surface area (Å²) >= 11 is 0. The lowest BCUT2D eigenvalue weighted by atomic mass is 10.1. The van der Waals surface area contributed by atoms with Crippen LogP contribution in [-0.2, 0) is 10.0 Å². The highest BCUT2D eigenvalue weighted by molar-refractivity contribution is 7.89. The molecule has 1 heterocycles. The van der Waals surface area contributed by atoms with Gasteiger partial charge in [-0.05, 0) is 31.9 Å². The van der Waals surface area contributed by atoms with Gasteiger partial charge in [-0.3, -0.25) is 4.79 Å². The number of nitrogens with zero attached hydrogens (tertiary/aromatic N) is 1. The molecule has 1 aromatic carbocycles. The van der Waals surface area contributed by atoms with Gasteiger partial charge in [0, 0.05) is 12.6 Å². The van der Waals surface area contributed by atoms with Crippen molar-refractivity contribution in [3.8, 4) is 0 Å². The van der Waals surface area contributed by atoms with E-state index in [9.17, 15) is 22.0 Å². The van der Waals surface area contributed by atoms with Crippen LogP contribution < -0.4 is 5.14 Å². The van der Waals surface area contributed by atoms with Gasteiger partial charge in [0.15, 0.2) is 11.6 Å². The van der Waals surface area contributed by atoms with Gasteiger partial charge in [-0.2, -0.15) is 0 Å². The fourth-order valence-electron chi connectivity index (χ4n) is 2.27. The van der Waals surface area contributed by atoms with Crippen molar-refractivity contribution in [2.24, 2.45) is 5.14 Å². The predicted molar refractivity (Wildman–Crippen MR) is 67.5 cm³/mol. The van der Waals surface area contributed by atoms with E-state index in [0.29, 0.717) is 12.6 Å². The summed E-state index contributed by atoms with van der Waals surface area (Å²) in [4.78, 5) is 13.0. The van der Waals surface area contributed by atoms with Gasteiger partial charge in [-0.1, -0.05) is 0 Å². The average molecular weight is 304 g/mol. The van der Waals surface area contributed by atoms with Crippen LogP contribution in [0.3, 0.4) is 0 Å². The second-order valence-electron chi connectivity index (χ2n) is 4.80. The number of primary sulfonamides is 1. The number of carbonyl (C=O) groups is 1. The van der Waals surface area contributed by atoms with E-state index in [4.69, 9.17) is 5.14 Å². The molecule has 1 atom stereocenters. The van der Waals surface area contributed by atoms with E-state index in [2.05, 4.69) is 0 Å². The number of benzene rings is 1. The highest BCUT2D eigenvalue weighted by Crippen LogP contribution is 2.24. The van der Waals surface area contributed by atoms with Crippen molar-refractivity contribution < 1.29 is 22.0 Å². The number of rotatable bonds is 2. The molecule has 1 aliphatic heterocycles. The summed E-state index contributed by atoms with van der Waals surface area (Å²) in [6.45, 7) is 2.23. The summed E-state index contributed by atoms with van der Waals surface area (Å²) in [5.74, 6) is -3.50. The Labute approximate surface area is 115 Å². The zero-order valence-electron chi connectivity index (χ0n) is 10.8. The third-order valence-corrected chi connectivity index (χ3v) is 4.27. The van der Waals surface area contributed by atoms with E-state index in [0.717, 1.165) is 18.9 Å². The maximum Gasteiger partial charge on any atom is 0.257 e. The van der Waals surface area contributed by atoms with Crippen molar-refractivity contribution in [1.82, 2.24) is 4.90 Å². The lowest BCUT2D eigenvalue weighted by Gasteiger charge is -2.22. The fraction of sp³-hybridized carbons (Fsp3) is 0.417. The molecule has 110 valence electrons. The van der Waals surface area contributed by atoms with Crippen LogP contribution in [0, 0.1) is 11.6 Å². The Bertz CT molecular complexity index is 661. The van der Waals surface area contributed by atoms with Crippen molar-refractivity contribution in [3.05, 3.63) is 29.3 Å². The van der Waals surface area contributed by atoms with E-state index in [1.807, 2.05) is 0 Å². The summed E-state index contributed by atoms with van der Waals surface area (Å²) < 4.78 is 49.6. The topological polar surface area (TPSA) is 80.5 Å². The molecule has 0 bridgehead atoms. The van der Waals surface area contributed by atoms with E-state index < -0.39 is 38.0 Å². The number of amides is 1. The number of carbonyl (C=O) groups excluding carboxylic acids is 1. The Morgan fingerprint density at radius 1 is 1.40 bits per heavy atom. The molecule has 1 aliphatic rings. The Hall–Kier alpha value is -1.54. The number of hydrogen-bond donors (Lipinski definition) is 1.